The molecule has 19 heavy (non-hydrogen) atoms. The van der Waals surface area contributed by atoms with E-state index in [2.05, 4.69) is 15.4 Å². The molecule has 100 valence electrons. The number of anilines is 1. The Morgan fingerprint density at radius 3 is 2.58 bits per heavy atom. The predicted octanol–water partition coefficient (Wildman–Crippen LogP) is 1.53. The molecule has 1 heterocycles. The van der Waals surface area contributed by atoms with Crippen molar-refractivity contribution in [2.45, 2.75) is 6.92 Å². The SMILES string of the molecule is Cc1cc(OCCOc2ccccc2)nc(NN)n1. The standard InChI is InChI=1S/C13H16N4O2/c1-10-9-12(16-13(15-10)17-14)19-8-7-18-11-5-3-2-4-6-11/h2-6,9H,7-8,14H2,1H3,(H,15,16,17). The van der Waals surface area contributed by atoms with Crippen molar-refractivity contribution in [3.8, 4) is 11.6 Å². The lowest BCUT2D eigenvalue weighted by Gasteiger charge is -2.09. The fraction of sp³-hybridized carbons (Fsp3) is 0.231. The van der Waals surface area contributed by atoms with Gasteiger partial charge in [0.2, 0.25) is 11.8 Å². The van der Waals surface area contributed by atoms with Gasteiger partial charge in [0.25, 0.3) is 0 Å². The van der Waals surface area contributed by atoms with Crippen molar-refractivity contribution >= 4 is 5.95 Å². The summed E-state index contributed by atoms with van der Waals surface area (Å²) in [6.45, 7) is 2.68. The second-order valence-corrected chi connectivity index (χ2v) is 3.83. The van der Waals surface area contributed by atoms with Crippen molar-refractivity contribution in [1.82, 2.24) is 9.97 Å². The number of ether oxygens (including phenoxy) is 2. The maximum absolute atomic E-state index is 5.51. The third kappa shape index (κ3) is 4.11. The van der Waals surface area contributed by atoms with Crippen LogP contribution in [0.1, 0.15) is 5.69 Å². The zero-order chi connectivity index (χ0) is 13.5. The highest BCUT2D eigenvalue weighted by molar-refractivity contribution is 5.28. The van der Waals surface area contributed by atoms with Gasteiger partial charge in [0, 0.05) is 11.8 Å². The van der Waals surface area contributed by atoms with Crippen LogP contribution in [0.25, 0.3) is 0 Å². The van der Waals surface area contributed by atoms with E-state index >= 15 is 0 Å². The summed E-state index contributed by atoms with van der Waals surface area (Å²) in [7, 11) is 0. The number of nitrogens with zero attached hydrogens (tertiary/aromatic N) is 2. The molecule has 0 bridgehead atoms. The molecular formula is C13H16N4O2. The summed E-state index contributed by atoms with van der Waals surface area (Å²) in [5.74, 6) is 6.88. The molecular weight excluding hydrogens is 244 g/mol. The molecule has 2 aromatic rings. The predicted molar refractivity (Wildman–Crippen MR) is 72.0 cm³/mol. The minimum Gasteiger partial charge on any atom is -0.490 e. The molecule has 0 fully saturated rings. The number of nitrogen functional groups attached to an aromatic ring is 1. The summed E-state index contributed by atoms with van der Waals surface area (Å²) in [5, 5.41) is 0. The number of aryl methyl sites for hydroxylation is 1. The Labute approximate surface area is 111 Å². The number of hydrogen-bond acceptors (Lipinski definition) is 6. The average molecular weight is 260 g/mol. The van der Waals surface area contributed by atoms with E-state index in [0.717, 1.165) is 11.4 Å². The summed E-state index contributed by atoms with van der Waals surface area (Å²) in [5.41, 5.74) is 3.17. The highest BCUT2D eigenvalue weighted by Crippen LogP contribution is 2.11. The van der Waals surface area contributed by atoms with E-state index < -0.39 is 0 Å². The first-order valence-corrected chi connectivity index (χ1v) is 5.91. The number of hydrogen-bond donors (Lipinski definition) is 2. The average Bonchev–Trinajstić information content (AvgIpc) is 2.44. The number of nitrogens with one attached hydrogen (secondary N) is 1. The highest BCUT2D eigenvalue weighted by Gasteiger charge is 2.02. The molecule has 0 aliphatic rings. The van der Waals surface area contributed by atoms with E-state index in [9.17, 15) is 0 Å². The van der Waals surface area contributed by atoms with Crippen molar-refractivity contribution in [2.75, 3.05) is 18.6 Å². The molecule has 0 saturated heterocycles. The monoisotopic (exact) mass is 260 g/mol. The van der Waals surface area contributed by atoms with Gasteiger partial charge in [-0.3, -0.25) is 5.43 Å². The highest BCUT2D eigenvalue weighted by atomic mass is 16.5. The van der Waals surface area contributed by atoms with Crippen LogP contribution in [0.5, 0.6) is 11.6 Å². The van der Waals surface area contributed by atoms with Crippen LogP contribution >= 0.6 is 0 Å². The minimum atomic E-state index is 0.332. The molecule has 0 amide bonds. The van der Waals surface area contributed by atoms with E-state index in [4.69, 9.17) is 15.3 Å². The molecule has 0 unspecified atom stereocenters. The second-order valence-electron chi connectivity index (χ2n) is 3.83. The summed E-state index contributed by atoms with van der Waals surface area (Å²) in [6, 6.07) is 11.3. The third-order valence-corrected chi connectivity index (χ3v) is 2.31. The molecule has 6 nitrogen and oxygen atoms in total. The normalized spacial score (nSPS) is 10.0. The summed E-state index contributed by atoms with van der Waals surface area (Å²) >= 11 is 0. The molecule has 0 aliphatic carbocycles. The molecule has 0 saturated carbocycles. The van der Waals surface area contributed by atoms with Gasteiger partial charge in [0.05, 0.1) is 0 Å². The smallest absolute Gasteiger partial charge is 0.240 e. The van der Waals surface area contributed by atoms with Crippen molar-refractivity contribution < 1.29 is 9.47 Å². The van der Waals surface area contributed by atoms with Crippen molar-refractivity contribution in [3.05, 3.63) is 42.1 Å². The van der Waals surface area contributed by atoms with Crippen LogP contribution in [0.2, 0.25) is 0 Å². The van der Waals surface area contributed by atoms with E-state index in [1.54, 1.807) is 6.07 Å². The lowest BCUT2D eigenvalue weighted by atomic mass is 10.3. The maximum atomic E-state index is 5.51. The van der Waals surface area contributed by atoms with E-state index in [1.807, 2.05) is 37.3 Å². The lowest BCUT2D eigenvalue weighted by Crippen LogP contribution is -2.13. The number of para-hydroxylation sites is 1. The van der Waals surface area contributed by atoms with Gasteiger partial charge in [-0.1, -0.05) is 18.2 Å². The Balaban J connectivity index is 1.81. The molecule has 2 rings (SSSR count). The third-order valence-electron chi connectivity index (χ3n) is 2.31. The molecule has 0 spiro atoms. The van der Waals surface area contributed by atoms with Crippen LogP contribution in [0, 0.1) is 6.92 Å². The Kier molecular flexibility index (Phi) is 4.52. The molecule has 0 radical (unpaired) electrons. The number of rotatable bonds is 6. The van der Waals surface area contributed by atoms with Crippen LogP contribution in [-0.2, 0) is 0 Å². The summed E-state index contributed by atoms with van der Waals surface area (Å²) < 4.78 is 11.0. The zero-order valence-corrected chi connectivity index (χ0v) is 10.7. The second kappa shape index (κ2) is 6.55. The number of benzene rings is 1. The first-order chi connectivity index (χ1) is 9.28. The number of hydrazine groups is 1. The van der Waals surface area contributed by atoms with Gasteiger partial charge in [0.15, 0.2) is 0 Å². The number of nitrogens with two attached hydrogens (primary N) is 1. The number of aromatic nitrogens is 2. The van der Waals surface area contributed by atoms with E-state index in [-0.39, 0.29) is 0 Å². The Morgan fingerprint density at radius 2 is 1.84 bits per heavy atom. The van der Waals surface area contributed by atoms with E-state index in [1.165, 1.54) is 0 Å². The fourth-order valence-electron chi connectivity index (χ4n) is 1.50. The molecule has 0 atom stereocenters. The van der Waals surface area contributed by atoms with Crippen LogP contribution in [0.15, 0.2) is 36.4 Å². The maximum Gasteiger partial charge on any atom is 0.240 e. The minimum absolute atomic E-state index is 0.332. The lowest BCUT2D eigenvalue weighted by molar-refractivity contribution is 0.212. The zero-order valence-electron chi connectivity index (χ0n) is 10.7. The Bertz CT molecular complexity index is 519. The van der Waals surface area contributed by atoms with Gasteiger partial charge in [-0.2, -0.15) is 4.98 Å². The van der Waals surface area contributed by atoms with Crippen LogP contribution in [0.3, 0.4) is 0 Å². The fourth-order valence-corrected chi connectivity index (χ4v) is 1.50. The van der Waals surface area contributed by atoms with Crippen LogP contribution in [0.4, 0.5) is 5.95 Å². The van der Waals surface area contributed by atoms with Gasteiger partial charge in [-0.15, -0.1) is 0 Å². The van der Waals surface area contributed by atoms with Gasteiger partial charge in [0.1, 0.15) is 19.0 Å². The molecule has 6 heteroatoms. The van der Waals surface area contributed by atoms with Gasteiger partial charge in [-0.05, 0) is 19.1 Å². The van der Waals surface area contributed by atoms with Crippen molar-refractivity contribution in [2.24, 2.45) is 5.84 Å². The van der Waals surface area contributed by atoms with Crippen molar-refractivity contribution in [1.29, 1.82) is 0 Å². The Hall–Kier alpha value is -2.34. The van der Waals surface area contributed by atoms with Gasteiger partial charge >= 0.3 is 0 Å². The largest absolute Gasteiger partial charge is 0.490 e. The quantitative estimate of drug-likeness (QED) is 0.465. The van der Waals surface area contributed by atoms with Gasteiger partial charge in [-0.25, -0.2) is 10.8 Å². The van der Waals surface area contributed by atoms with Crippen LogP contribution < -0.4 is 20.7 Å². The first kappa shape index (κ1) is 13.1. The summed E-state index contributed by atoms with van der Waals surface area (Å²) in [6.07, 6.45) is 0. The molecule has 1 aromatic carbocycles. The van der Waals surface area contributed by atoms with Crippen molar-refractivity contribution in [3.63, 3.8) is 0 Å². The van der Waals surface area contributed by atoms with E-state index in [0.29, 0.717) is 25.0 Å². The Morgan fingerprint density at radius 1 is 1.11 bits per heavy atom. The summed E-state index contributed by atoms with van der Waals surface area (Å²) in [4.78, 5) is 8.14. The van der Waals surface area contributed by atoms with Crippen LogP contribution in [-0.4, -0.2) is 23.2 Å². The topological polar surface area (TPSA) is 82.3 Å². The van der Waals surface area contributed by atoms with Gasteiger partial charge < -0.3 is 9.47 Å². The molecule has 1 aromatic heterocycles. The molecule has 3 N–H and O–H groups in total. The molecule has 0 aliphatic heterocycles. The first-order valence-electron chi connectivity index (χ1n) is 5.91.